The minimum Gasteiger partial charge on any atom is -0.478 e. The summed E-state index contributed by atoms with van der Waals surface area (Å²) >= 11 is 1.45. The topological polar surface area (TPSA) is 72.2 Å². The van der Waals surface area contributed by atoms with E-state index in [1.807, 2.05) is 12.3 Å². The van der Waals surface area contributed by atoms with Crippen molar-refractivity contribution < 1.29 is 9.90 Å². The van der Waals surface area contributed by atoms with Crippen molar-refractivity contribution in [2.24, 2.45) is 0 Å². The second kappa shape index (κ2) is 4.50. The molecular formula is C11H10N2O3S. The number of nitrogens with zero attached hydrogens (tertiary/aromatic N) is 2. The molecular weight excluding hydrogens is 240 g/mol. The summed E-state index contributed by atoms with van der Waals surface area (Å²) in [6.07, 6.45) is 1.33. The summed E-state index contributed by atoms with van der Waals surface area (Å²) in [4.78, 5) is 26.6. The van der Waals surface area contributed by atoms with Gasteiger partial charge in [0.15, 0.2) is 0 Å². The first kappa shape index (κ1) is 11.5. The fourth-order valence-electron chi connectivity index (χ4n) is 1.40. The van der Waals surface area contributed by atoms with Gasteiger partial charge in [-0.15, -0.1) is 11.3 Å². The fourth-order valence-corrected chi connectivity index (χ4v) is 2.17. The van der Waals surface area contributed by atoms with Crippen LogP contribution in [0.3, 0.4) is 0 Å². The molecule has 0 radical (unpaired) electrons. The fraction of sp³-hybridized carbons (Fsp3) is 0.182. The van der Waals surface area contributed by atoms with Crippen LogP contribution in [0.2, 0.25) is 0 Å². The third-order valence-electron chi connectivity index (χ3n) is 2.20. The molecule has 2 rings (SSSR count). The van der Waals surface area contributed by atoms with Gasteiger partial charge in [0, 0.05) is 23.3 Å². The largest absolute Gasteiger partial charge is 0.478 e. The number of thiazole rings is 1. The van der Waals surface area contributed by atoms with E-state index in [0.717, 1.165) is 10.7 Å². The number of carbonyl (C=O) groups is 1. The lowest BCUT2D eigenvalue weighted by molar-refractivity contribution is 0.0696. The van der Waals surface area contributed by atoms with Crippen molar-refractivity contribution >= 4 is 17.3 Å². The lowest BCUT2D eigenvalue weighted by Gasteiger charge is -2.03. The van der Waals surface area contributed by atoms with Gasteiger partial charge in [0.05, 0.1) is 12.1 Å². The molecule has 0 saturated heterocycles. The van der Waals surface area contributed by atoms with Gasteiger partial charge in [-0.25, -0.2) is 9.78 Å². The number of carboxylic acid groups (broad SMARTS) is 1. The van der Waals surface area contributed by atoms with Crippen LogP contribution in [-0.2, 0) is 6.54 Å². The van der Waals surface area contributed by atoms with Crippen molar-refractivity contribution in [2.75, 3.05) is 0 Å². The highest BCUT2D eigenvalue weighted by Crippen LogP contribution is 2.09. The zero-order valence-electron chi connectivity index (χ0n) is 9.08. The number of hydrogen-bond donors (Lipinski definition) is 1. The number of rotatable bonds is 3. The molecule has 0 aliphatic carbocycles. The zero-order valence-corrected chi connectivity index (χ0v) is 9.90. The van der Waals surface area contributed by atoms with E-state index in [-0.39, 0.29) is 11.1 Å². The quantitative estimate of drug-likeness (QED) is 0.892. The smallest absolute Gasteiger partial charge is 0.337 e. The Bertz CT molecular complexity index is 615. The van der Waals surface area contributed by atoms with E-state index in [4.69, 9.17) is 5.11 Å². The number of carboxylic acids is 1. The van der Waals surface area contributed by atoms with Crippen molar-refractivity contribution in [3.05, 3.63) is 50.3 Å². The molecule has 0 aromatic carbocycles. The van der Waals surface area contributed by atoms with Crippen molar-refractivity contribution in [3.63, 3.8) is 0 Å². The monoisotopic (exact) mass is 250 g/mol. The first-order valence-corrected chi connectivity index (χ1v) is 5.79. The van der Waals surface area contributed by atoms with E-state index in [1.54, 1.807) is 0 Å². The van der Waals surface area contributed by atoms with Gasteiger partial charge in [0.1, 0.15) is 5.01 Å². The average Bonchev–Trinajstić information content (AvgIpc) is 2.67. The number of aryl methyl sites for hydroxylation is 1. The standard InChI is InChI=1S/C11H10N2O3S/c1-7-6-17-9(12-7)5-13-4-8(11(15)16)2-3-10(13)14/h2-4,6H,5H2,1H3,(H,15,16). The van der Waals surface area contributed by atoms with Gasteiger partial charge in [-0.2, -0.15) is 0 Å². The number of pyridine rings is 1. The predicted octanol–water partition coefficient (Wildman–Crippen LogP) is 1.36. The van der Waals surface area contributed by atoms with Crippen LogP contribution in [0.1, 0.15) is 21.1 Å². The van der Waals surface area contributed by atoms with Crippen LogP contribution in [0.5, 0.6) is 0 Å². The van der Waals surface area contributed by atoms with E-state index in [0.29, 0.717) is 6.54 Å². The Kier molecular flexibility index (Phi) is 3.06. The normalized spacial score (nSPS) is 10.4. The Hall–Kier alpha value is -1.95. The molecule has 2 aromatic rings. The molecule has 0 unspecified atom stereocenters. The molecule has 6 heteroatoms. The number of hydrogen-bond acceptors (Lipinski definition) is 4. The predicted molar refractivity (Wildman–Crippen MR) is 63.6 cm³/mol. The van der Waals surface area contributed by atoms with Gasteiger partial charge >= 0.3 is 5.97 Å². The molecule has 88 valence electrons. The summed E-state index contributed by atoms with van der Waals surface area (Å²) in [7, 11) is 0. The Morgan fingerprint density at radius 2 is 2.29 bits per heavy atom. The Morgan fingerprint density at radius 3 is 2.88 bits per heavy atom. The van der Waals surface area contributed by atoms with E-state index in [9.17, 15) is 9.59 Å². The third kappa shape index (κ3) is 2.59. The van der Waals surface area contributed by atoms with Crippen LogP contribution in [0, 0.1) is 6.92 Å². The van der Waals surface area contributed by atoms with E-state index >= 15 is 0 Å². The molecule has 0 amide bonds. The number of aromatic carboxylic acids is 1. The molecule has 0 bridgehead atoms. The molecule has 5 nitrogen and oxygen atoms in total. The maximum Gasteiger partial charge on any atom is 0.337 e. The molecule has 0 aliphatic rings. The summed E-state index contributed by atoms with van der Waals surface area (Å²) < 4.78 is 1.35. The minimum absolute atomic E-state index is 0.0953. The van der Waals surface area contributed by atoms with Gasteiger partial charge in [-0.05, 0) is 13.0 Å². The molecule has 1 N–H and O–H groups in total. The number of aromatic nitrogens is 2. The third-order valence-corrected chi connectivity index (χ3v) is 3.15. The highest BCUT2D eigenvalue weighted by Gasteiger charge is 2.07. The second-order valence-electron chi connectivity index (χ2n) is 3.57. The molecule has 0 spiro atoms. The van der Waals surface area contributed by atoms with E-state index < -0.39 is 5.97 Å². The lowest BCUT2D eigenvalue weighted by Crippen LogP contribution is -2.20. The van der Waals surface area contributed by atoms with Crippen molar-refractivity contribution in [3.8, 4) is 0 Å². The van der Waals surface area contributed by atoms with Gasteiger partial charge in [-0.3, -0.25) is 4.79 Å². The highest BCUT2D eigenvalue weighted by atomic mass is 32.1. The van der Waals surface area contributed by atoms with Crippen molar-refractivity contribution in [1.82, 2.24) is 9.55 Å². The minimum atomic E-state index is -1.05. The SMILES string of the molecule is Cc1csc(Cn2cc(C(=O)O)ccc2=O)n1. The van der Waals surface area contributed by atoms with Crippen LogP contribution in [0.15, 0.2) is 28.5 Å². The molecule has 0 aliphatic heterocycles. The Morgan fingerprint density at radius 1 is 1.53 bits per heavy atom. The maximum atomic E-state index is 11.6. The van der Waals surface area contributed by atoms with E-state index in [2.05, 4.69) is 4.98 Å². The summed E-state index contributed by atoms with van der Waals surface area (Å²) in [5.74, 6) is -1.05. The van der Waals surface area contributed by atoms with Gasteiger partial charge in [-0.1, -0.05) is 0 Å². The van der Waals surface area contributed by atoms with Crippen LogP contribution >= 0.6 is 11.3 Å². The van der Waals surface area contributed by atoms with Crippen LogP contribution in [-0.4, -0.2) is 20.6 Å². The molecule has 17 heavy (non-hydrogen) atoms. The van der Waals surface area contributed by atoms with Crippen LogP contribution < -0.4 is 5.56 Å². The summed E-state index contributed by atoms with van der Waals surface area (Å²) in [5.41, 5.74) is 0.758. The summed E-state index contributed by atoms with van der Waals surface area (Å²) in [5, 5.41) is 11.5. The Balaban J connectivity index is 2.35. The van der Waals surface area contributed by atoms with E-state index in [1.165, 1.54) is 34.2 Å². The zero-order chi connectivity index (χ0) is 12.4. The van der Waals surface area contributed by atoms with Crippen LogP contribution in [0.4, 0.5) is 0 Å². The second-order valence-corrected chi connectivity index (χ2v) is 4.51. The lowest BCUT2D eigenvalue weighted by atomic mass is 10.3. The molecule has 0 fully saturated rings. The van der Waals surface area contributed by atoms with Gasteiger partial charge in [0.2, 0.25) is 0 Å². The molecule has 0 saturated carbocycles. The van der Waals surface area contributed by atoms with Crippen molar-refractivity contribution in [2.45, 2.75) is 13.5 Å². The van der Waals surface area contributed by atoms with Crippen molar-refractivity contribution in [1.29, 1.82) is 0 Å². The summed E-state index contributed by atoms with van der Waals surface area (Å²) in [6, 6.07) is 2.55. The summed E-state index contributed by atoms with van der Waals surface area (Å²) in [6.45, 7) is 2.18. The average molecular weight is 250 g/mol. The molecule has 2 heterocycles. The highest BCUT2D eigenvalue weighted by molar-refractivity contribution is 7.09. The van der Waals surface area contributed by atoms with Crippen LogP contribution in [0.25, 0.3) is 0 Å². The molecule has 2 aromatic heterocycles. The van der Waals surface area contributed by atoms with Gasteiger partial charge < -0.3 is 9.67 Å². The van der Waals surface area contributed by atoms with Gasteiger partial charge in [0.25, 0.3) is 5.56 Å². The maximum absolute atomic E-state index is 11.6. The Labute approximate surface area is 101 Å². The first-order chi connectivity index (χ1) is 8.06. The molecule has 0 atom stereocenters. The first-order valence-electron chi connectivity index (χ1n) is 4.91.